The van der Waals surface area contributed by atoms with Crippen molar-refractivity contribution >= 4 is 11.9 Å². The summed E-state index contributed by atoms with van der Waals surface area (Å²) in [6.07, 6.45) is 1.10. The highest BCUT2D eigenvalue weighted by atomic mass is 16.5. The Bertz CT molecular complexity index is 707. The van der Waals surface area contributed by atoms with Crippen LogP contribution in [0.4, 0.5) is 0 Å². The normalized spacial score (nSPS) is 10.3. The number of aromatic carboxylic acids is 1. The van der Waals surface area contributed by atoms with Crippen molar-refractivity contribution < 1.29 is 19.4 Å². The number of rotatable bonds is 8. The number of hydrogen-bond donors (Lipinski definition) is 1. The zero-order chi connectivity index (χ0) is 18.2. The smallest absolute Gasteiger partial charge is 0.335 e. The van der Waals surface area contributed by atoms with E-state index in [1.807, 2.05) is 31.2 Å². The molecule has 0 aromatic heterocycles. The Morgan fingerprint density at radius 2 is 1.60 bits per heavy atom. The molecule has 132 valence electrons. The Labute approximate surface area is 147 Å². The van der Waals surface area contributed by atoms with Crippen molar-refractivity contribution in [3.05, 3.63) is 65.2 Å². The fourth-order valence-electron chi connectivity index (χ4n) is 2.48. The molecule has 0 heterocycles. The molecule has 0 radical (unpaired) electrons. The summed E-state index contributed by atoms with van der Waals surface area (Å²) < 4.78 is 5.40. The average molecular weight is 341 g/mol. The van der Waals surface area contributed by atoms with Gasteiger partial charge in [-0.1, -0.05) is 24.3 Å². The molecule has 0 spiro atoms. The van der Waals surface area contributed by atoms with E-state index in [0.717, 1.165) is 16.9 Å². The summed E-state index contributed by atoms with van der Waals surface area (Å²) in [5, 5.41) is 8.90. The van der Waals surface area contributed by atoms with E-state index < -0.39 is 5.97 Å². The largest absolute Gasteiger partial charge is 0.494 e. The summed E-state index contributed by atoms with van der Waals surface area (Å²) in [5.74, 6) is -0.0676. The molecule has 5 heteroatoms. The predicted octanol–water partition coefficient (Wildman–Crippen LogP) is 3.37. The Morgan fingerprint density at radius 1 is 1.00 bits per heavy atom. The highest BCUT2D eigenvalue weighted by Gasteiger charge is 2.10. The molecule has 0 aliphatic heterocycles. The van der Waals surface area contributed by atoms with Gasteiger partial charge in [0, 0.05) is 20.0 Å². The number of carboxylic acid groups (broad SMARTS) is 1. The molecule has 0 unspecified atom stereocenters. The number of carbonyl (C=O) groups is 2. The lowest BCUT2D eigenvalue weighted by Gasteiger charge is -2.17. The molecule has 1 amide bonds. The zero-order valence-electron chi connectivity index (χ0n) is 14.6. The van der Waals surface area contributed by atoms with Crippen molar-refractivity contribution in [3.8, 4) is 5.75 Å². The molecule has 0 atom stereocenters. The second-order valence-corrected chi connectivity index (χ2v) is 5.83. The molecule has 0 aliphatic rings. The number of carbonyl (C=O) groups excluding carboxylic acids is 1. The summed E-state index contributed by atoms with van der Waals surface area (Å²) in [6.45, 7) is 3.04. The van der Waals surface area contributed by atoms with Crippen molar-refractivity contribution in [3.63, 3.8) is 0 Å². The minimum absolute atomic E-state index is 0.0520. The lowest BCUT2D eigenvalue weighted by molar-refractivity contribution is -0.130. The third-order valence-electron chi connectivity index (χ3n) is 3.91. The van der Waals surface area contributed by atoms with Crippen LogP contribution in [0, 0.1) is 0 Å². The summed E-state index contributed by atoms with van der Waals surface area (Å²) in [6, 6.07) is 14.4. The minimum atomic E-state index is -0.952. The first-order chi connectivity index (χ1) is 12.0. The zero-order valence-corrected chi connectivity index (χ0v) is 14.6. The van der Waals surface area contributed by atoms with Crippen LogP contribution in [0.2, 0.25) is 0 Å². The first kappa shape index (κ1) is 18.5. The summed E-state index contributed by atoms with van der Waals surface area (Å²) in [4.78, 5) is 24.8. The average Bonchev–Trinajstić information content (AvgIpc) is 2.61. The molecule has 0 fully saturated rings. The van der Waals surface area contributed by atoms with Gasteiger partial charge in [-0.15, -0.1) is 0 Å². The maximum Gasteiger partial charge on any atom is 0.335 e. The lowest BCUT2D eigenvalue weighted by Crippen LogP contribution is -2.26. The second kappa shape index (κ2) is 8.87. The molecule has 1 N–H and O–H groups in total. The molecule has 2 aromatic carbocycles. The maximum absolute atomic E-state index is 12.3. The molecule has 5 nitrogen and oxygen atoms in total. The van der Waals surface area contributed by atoms with Gasteiger partial charge < -0.3 is 14.7 Å². The Kier molecular flexibility index (Phi) is 6.57. The quantitative estimate of drug-likeness (QED) is 0.799. The number of amides is 1. The lowest BCUT2D eigenvalue weighted by atomic mass is 10.1. The number of ether oxygens (including phenoxy) is 1. The maximum atomic E-state index is 12.3. The topological polar surface area (TPSA) is 66.8 Å². The molecule has 25 heavy (non-hydrogen) atoms. The first-order valence-electron chi connectivity index (χ1n) is 8.27. The van der Waals surface area contributed by atoms with Crippen molar-refractivity contribution in [2.45, 2.75) is 26.3 Å². The van der Waals surface area contributed by atoms with Crippen molar-refractivity contribution in [1.29, 1.82) is 0 Å². The highest BCUT2D eigenvalue weighted by Crippen LogP contribution is 2.14. The van der Waals surface area contributed by atoms with Crippen LogP contribution in [0.15, 0.2) is 48.5 Å². The number of carboxylic acids is 1. The third kappa shape index (κ3) is 5.64. The SMILES string of the molecule is CCOc1ccc(CCC(=O)N(C)Cc2ccc(C(=O)O)cc2)cc1. The number of hydrogen-bond acceptors (Lipinski definition) is 3. The molecule has 2 aromatic rings. The van der Waals surface area contributed by atoms with Crippen molar-refractivity contribution in [2.24, 2.45) is 0 Å². The summed E-state index contributed by atoms with van der Waals surface area (Å²) >= 11 is 0. The Morgan fingerprint density at radius 3 is 2.16 bits per heavy atom. The van der Waals surface area contributed by atoms with Crippen LogP contribution < -0.4 is 4.74 Å². The molecular formula is C20H23NO4. The molecule has 0 saturated heterocycles. The van der Waals surface area contributed by atoms with Crippen LogP contribution in [0.3, 0.4) is 0 Å². The van der Waals surface area contributed by atoms with E-state index in [0.29, 0.717) is 26.0 Å². The molecule has 2 rings (SSSR count). The second-order valence-electron chi connectivity index (χ2n) is 5.83. The Hall–Kier alpha value is -2.82. The van der Waals surface area contributed by atoms with Crippen LogP contribution in [-0.4, -0.2) is 35.5 Å². The monoisotopic (exact) mass is 341 g/mol. The van der Waals surface area contributed by atoms with Gasteiger partial charge in [-0.05, 0) is 48.7 Å². The van der Waals surface area contributed by atoms with Crippen molar-refractivity contribution in [2.75, 3.05) is 13.7 Å². The summed E-state index contributed by atoms with van der Waals surface area (Å²) in [5.41, 5.74) is 2.24. The molecular weight excluding hydrogens is 318 g/mol. The van der Waals surface area contributed by atoms with Gasteiger partial charge in [0.25, 0.3) is 0 Å². The van der Waals surface area contributed by atoms with Crippen LogP contribution in [0.5, 0.6) is 5.75 Å². The fourth-order valence-corrected chi connectivity index (χ4v) is 2.48. The van der Waals surface area contributed by atoms with Gasteiger partial charge in [-0.3, -0.25) is 4.79 Å². The molecule has 0 saturated carbocycles. The van der Waals surface area contributed by atoms with Gasteiger partial charge >= 0.3 is 5.97 Å². The van der Waals surface area contributed by atoms with E-state index in [-0.39, 0.29) is 11.5 Å². The number of benzene rings is 2. The predicted molar refractivity (Wildman–Crippen MR) is 95.8 cm³/mol. The van der Waals surface area contributed by atoms with Gasteiger partial charge in [0.05, 0.1) is 12.2 Å². The first-order valence-corrected chi connectivity index (χ1v) is 8.27. The van der Waals surface area contributed by atoms with E-state index in [2.05, 4.69) is 0 Å². The molecule has 0 bridgehead atoms. The molecule has 0 aliphatic carbocycles. The van der Waals surface area contributed by atoms with Gasteiger partial charge in [-0.25, -0.2) is 4.79 Å². The summed E-state index contributed by atoms with van der Waals surface area (Å²) in [7, 11) is 1.76. The van der Waals surface area contributed by atoms with Crippen molar-refractivity contribution in [1.82, 2.24) is 4.90 Å². The number of nitrogens with zero attached hydrogens (tertiary/aromatic N) is 1. The van der Waals surface area contributed by atoms with E-state index in [9.17, 15) is 9.59 Å². The fraction of sp³-hybridized carbons (Fsp3) is 0.300. The number of aryl methyl sites for hydroxylation is 1. The minimum Gasteiger partial charge on any atom is -0.494 e. The Balaban J connectivity index is 1.84. The van der Waals surface area contributed by atoms with Gasteiger partial charge in [0.15, 0.2) is 0 Å². The van der Waals surface area contributed by atoms with Crippen LogP contribution >= 0.6 is 0 Å². The van der Waals surface area contributed by atoms with E-state index >= 15 is 0 Å². The van der Waals surface area contributed by atoms with Crippen LogP contribution in [0.25, 0.3) is 0 Å². The van der Waals surface area contributed by atoms with Gasteiger partial charge in [-0.2, -0.15) is 0 Å². The third-order valence-corrected chi connectivity index (χ3v) is 3.91. The highest BCUT2D eigenvalue weighted by molar-refractivity contribution is 5.87. The van der Waals surface area contributed by atoms with Crippen LogP contribution in [-0.2, 0) is 17.8 Å². The van der Waals surface area contributed by atoms with Crippen LogP contribution in [0.1, 0.15) is 34.8 Å². The van der Waals surface area contributed by atoms with E-state index in [1.54, 1.807) is 36.2 Å². The van der Waals surface area contributed by atoms with Gasteiger partial charge in [0.2, 0.25) is 5.91 Å². The van der Waals surface area contributed by atoms with Gasteiger partial charge in [0.1, 0.15) is 5.75 Å². The van der Waals surface area contributed by atoms with E-state index in [1.165, 1.54) is 0 Å². The van der Waals surface area contributed by atoms with E-state index in [4.69, 9.17) is 9.84 Å². The standard InChI is InChI=1S/C20H23NO4/c1-3-25-18-11-6-15(7-12-18)8-13-19(22)21(2)14-16-4-9-17(10-5-16)20(23)24/h4-7,9-12H,3,8,13-14H2,1-2H3,(H,23,24).